The van der Waals surface area contributed by atoms with Gasteiger partial charge < -0.3 is 14.2 Å². The van der Waals surface area contributed by atoms with Gasteiger partial charge in [-0.15, -0.1) is 0 Å². The number of hydrogen-bond donors (Lipinski definition) is 0. The molecule has 2 rings (SSSR count). The van der Waals surface area contributed by atoms with Crippen LogP contribution in [0.4, 0.5) is 0 Å². The molecule has 0 aliphatic heterocycles. The molecule has 0 fully saturated rings. The lowest BCUT2D eigenvalue weighted by atomic mass is 10.2. The first kappa shape index (κ1) is 14.0. The zero-order chi connectivity index (χ0) is 14.5. The Bertz CT molecular complexity index is 595. The van der Waals surface area contributed by atoms with E-state index in [1.165, 1.54) is 0 Å². The zero-order valence-electron chi connectivity index (χ0n) is 11.8. The topological polar surface area (TPSA) is 68.5 Å². The average Bonchev–Trinajstić information content (AvgIpc) is 2.89. The van der Waals surface area contributed by atoms with E-state index in [-0.39, 0.29) is 12.5 Å². The third-order valence-corrected chi connectivity index (χ3v) is 2.86. The molecule has 0 saturated carbocycles. The standard InChI is InChI=1S/C14H17N3O3/c1-4-17(3)14(18)11-7-5-6-8-12(11)19-9-13-15-10(2)20-16-13/h5-8H,4,9H2,1-3H3. The van der Waals surface area contributed by atoms with Crippen LogP contribution >= 0.6 is 0 Å². The molecule has 0 bridgehead atoms. The molecule has 20 heavy (non-hydrogen) atoms. The van der Waals surface area contributed by atoms with Crippen molar-refractivity contribution in [3.8, 4) is 5.75 Å². The maximum Gasteiger partial charge on any atom is 0.257 e. The molecule has 6 heteroatoms. The molecule has 106 valence electrons. The fraction of sp³-hybridized carbons (Fsp3) is 0.357. The Morgan fingerprint density at radius 2 is 2.15 bits per heavy atom. The summed E-state index contributed by atoms with van der Waals surface area (Å²) in [6.07, 6.45) is 0. The molecule has 2 aromatic rings. The summed E-state index contributed by atoms with van der Waals surface area (Å²) in [7, 11) is 1.75. The van der Waals surface area contributed by atoms with Gasteiger partial charge in [0.2, 0.25) is 11.7 Å². The molecule has 1 aromatic carbocycles. The van der Waals surface area contributed by atoms with Gasteiger partial charge in [-0.05, 0) is 19.1 Å². The van der Waals surface area contributed by atoms with Gasteiger partial charge in [-0.2, -0.15) is 4.98 Å². The summed E-state index contributed by atoms with van der Waals surface area (Å²) < 4.78 is 10.5. The summed E-state index contributed by atoms with van der Waals surface area (Å²) in [5, 5.41) is 3.75. The predicted molar refractivity (Wildman–Crippen MR) is 72.4 cm³/mol. The lowest BCUT2D eigenvalue weighted by molar-refractivity contribution is 0.0797. The van der Waals surface area contributed by atoms with E-state index in [0.29, 0.717) is 29.6 Å². The van der Waals surface area contributed by atoms with Gasteiger partial charge in [0.05, 0.1) is 5.56 Å². The number of rotatable bonds is 5. The molecule has 0 saturated heterocycles. The number of ether oxygens (including phenoxy) is 1. The van der Waals surface area contributed by atoms with E-state index in [0.717, 1.165) is 0 Å². The van der Waals surface area contributed by atoms with Gasteiger partial charge in [-0.3, -0.25) is 4.79 Å². The smallest absolute Gasteiger partial charge is 0.257 e. The second-order valence-electron chi connectivity index (χ2n) is 4.33. The van der Waals surface area contributed by atoms with E-state index in [1.807, 2.05) is 19.1 Å². The summed E-state index contributed by atoms with van der Waals surface area (Å²) >= 11 is 0. The fourth-order valence-electron chi connectivity index (χ4n) is 1.66. The van der Waals surface area contributed by atoms with Gasteiger partial charge >= 0.3 is 0 Å². The van der Waals surface area contributed by atoms with Gasteiger partial charge in [0.25, 0.3) is 5.91 Å². The highest BCUT2D eigenvalue weighted by atomic mass is 16.5. The van der Waals surface area contributed by atoms with Crippen LogP contribution in [0.1, 0.15) is 29.0 Å². The molecule has 0 atom stereocenters. The molecule has 6 nitrogen and oxygen atoms in total. The normalized spacial score (nSPS) is 10.3. The van der Waals surface area contributed by atoms with Gasteiger partial charge in [-0.25, -0.2) is 0 Å². The van der Waals surface area contributed by atoms with E-state index in [4.69, 9.17) is 9.26 Å². The summed E-state index contributed by atoms with van der Waals surface area (Å²) in [5.41, 5.74) is 0.525. The minimum Gasteiger partial charge on any atom is -0.485 e. The monoisotopic (exact) mass is 275 g/mol. The summed E-state index contributed by atoms with van der Waals surface area (Å²) in [5.74, 6) is 1.37. The van der Waals surface area contributed by atoms with Crippen molar-refractivity contribution in [2.75, 3.05) is 13.6 Å². The van der Waals surface area contributed by atoms with Crippen molar-refractivity contribution in [2.45, 2.75) is 20.5 Å². The molecular weight excluding hydrogens is 258 g/mol. The number of nitrogens with zero attached hydrogens (tertiary/aromatic N) is 3. The number of aryl methyl sites for hydroxylation is 1. The van der Waals surface area contributed by atoms with Crippen molar-refractivity contribution in [3.63, 3.8) is 0 Å². The number of aromatic nitrogens is 2. The van der Waals surface area contributed by atoms with Gasteiger partial charge in [-0.1, -0.05) is 17.3 Å². The van der Waals surface area contributed by atoms with E-state index in [2.05, 4.69) is 10.1 Å². The van der Waals surface area contributed by atoms with Crippen molar-refractivity contribution in [3.05, 3.63) is 41.5 Å². The van der Waals surface area contributed by atoms with Crippen molar-refractivity contribution < 1.29 is 14.1 Å². The minimum atomic E-state index is -0.0765. The molecule has 0 unspecified atom stereocenters. The number of carbonyl (C=O) groups excluding carboxylic acids is 1. The average molecular weight is 275 g/mol. The molecule has 0 spiro atoms. The summed E-state index contributed by atoms with van der Waals surface area (Å²) in [4.78, 5) is 17.9. The highest BCUT2D eigenvalue weighted by Crippen LogP contribution is 2.20. The van der Waals surface area contributed by atoms with Crippen molar-refractivity contribution in [1.29, 1.82) is 0 Å². The Morgan fingerprint density at radius 1 is 1.40 bits per heavy atom. The first-order valence-electron chi connectivity index (χ1n) is 6.38. The molecule has 1 heterocycles. The maximum absolute atomic E-state index is 12.2. The maximum atomic E-state index is 12.2. The van der Waals surface area contributed by atoms with Crippen molar-refractivity contribution >= 4 is 5.91 Å². The second-order valence-corrected chi connectivity index (χ2v) is 4.33. The predicted octanol–water partition coefficient (Wildman–Crippen LogP) is 2.05. The molecule has 0 N–H and O–H groups in total. The second kappa shape index (κ2) is 6.18. The van der Waals surface area contributed by atoms with E-state index in [9.17, 15) is 4.79 Å². The lowest BCUT2D eigenvalue weighted by Gasteiger charge is -2.16. The van der Waals surface area contributed by atoms with Crippen LogP contribution < -0.4 is 4.74 Å². The minimum absolute atomic E-state index is 0.0765. The Hall–Kier alpha value is -2.37. The number of para-hydroxylation sites is 1. The molecule has 0 radical (unpaired) electrons. The number of amides is 1. The highest BCUT2D eigenvalue weighted by Gasteiger charge is 2.15. The van der Waals surface area contributed by atoms with Crippen LogP contribution in [0, 0.1) is 6.92 Å². The Kier molecular flexibility index (Phi) is 4.34. The van der Waals surface area contributed by atoms with Crippen LogP contribution in [-0.2, 0) is 6.61 Å². The van der Waals surface area contributed by atoms with Gasteiger partial charge in [0.15, 0.2) is 6.61 Å². The molecular formula is C14H17N3O3. The van der Waals surface area contributed by atoms with Crippen LogP contribution in [0.15, 0.2) is 28.8 Å². The molecule has 0 aliphatic carbocycles. The van der Waals surface area contributed by atoms with E-state index >= 15 is 0 Å². The summed E-state index contributed by atoms with van der Waals surface area (Å²) in [6, 6.07) is 7.12. The van der Waals surface area contributed by atoms with Crippen molar-refractivity contribution in [2.24, 2.45) is 0 Å². The zero-order valence-corrected chi connectivity index (χ0v) is 11.8. The summed E-state index contributed by atoms with van der Waals surface area (Å²) in [6.45, 7) is 4.43. The Morgan fingerprint density at radius 3 is 2.80 bits per heavy atom. The first-order chi connectivity index (χ1) is 9.61. The van der Waals surface area contributed by atoms with Crippen LogP contribution in [-0.4, -0.2) is 34.5 Å². The Balaban J connectivity index is 2.13. The first-order valence-corrected chi connectivity index (χ1v) is 6.38. The van der Waals surface area contributed by atoms with E-state index in [1.54, 1.807) is 31.0 Å². The quantitative estimate of drug-likeness (QED) is 0.835. The van der Waals surface area contributed by atoms with Crippen LogP contribution in [0.2, 0.25) is 0 Å². The van der Waals surface area contributed by atoms with Crippen LogP contribution in [0.5, 0.6) is 5.75 Å². The van der Waals surface area contributed by atoms with Crippen LogP contribution in [0.3, 0.4) is 0 Å². The molecule has 1 amide bonds. The third-order valence-electron chi connectivity index (χ3n) is 2.86. The lowest BCUT2D eigenvalue weighted by Crippen LogP contribution is -2.26. The number of carbonyl (C=O) groups is 1. The fourth-order valence-corrected chi connectivity index (χ4v) is 1.66. The highest BCUT2D eigenvalue weighted by molar-refractivity contribution is 5.96. The SMILES string of the molecule is CCN(C)C(=O)c1ccccc1OCc1noc(C)n1. The van der Waals surface area contributed by atoms with Crippen LogP contribution in [0.25, 0.3) is 0 Å². The number of benzene rings is 1. The van der Waals surface area contributed by atoms with Gasteiger partial charge in [0, 0.05) is 20.5 Å². The molecule has 0 aliphatic rings. The third kappa shape index (κ3) is 3.14. The number of hydrogen-bond acceptors (Lipinski definition) is 5. The van der Waals surface area contributed by atoms with E-state index < -0.39 is 0 Å². The molecule has 1 aromatic heterocycles. The van der Waals surface area contributed by atoms with Gasteiger partial charge in [0.1, 0.15) is 5.75 Å². The Labute approximate surface area is 117 Å². The largest absolute Gasteiger partial charge is 0.485 e. The van der Waals surface area contributed by atoms with Crippen molar-refractivity contribution in [1.82, 2.24) is 15.0 Å².